The molecule has 1 aromatic heterocycles. The first kappa shape index (κ1) is 15.9. The largest absolute Gasteiger partial charge is 0.369 e. The number of nitrogens with zero attached hydrogens (tertiary/aromatic N) is 2. The van der Waals surface area contributed by atoms with Gasteiger partial charge in [0.05, 0.1) is 15.0 Å². The Kier molecular flexibility index (Phi) is 5.92. The van der Waals surface area contributed by atoms with Gasteiger partial charge < -0.3 is 5.32 Å². The summed E-state index contributed by atoms with van der Waals surface area (Å²) < 4.78 is 1.08. The zero-order valence-electron chi connectivity index (χ0n) is 11.3. The number of hydrogen-bond acceptors (Lipinski definition) is 4. The average molecular weight is 420 g/mol. The van der Waals surface area contributed by atoms with Gasteiger partial charge in [-0.2, -0.15) is 0 Å². The van der Waals surface area contributed by atoms with E-state index in [0.717, 1.165) is 43.1 Å². The molecular weight excluding hydrogens is 405 g/mol. The van der Waals surface area contributed by atoms with Crippen molar-refractivity contribution in [3.8, 4) is 0 Å². The monoisotopic (exact) mass is 419 g/mol. The van der Waals surface area contributed by atoms with Gasteiger partial charge in [-0.3, -0.25) is 0 Å². The van der Waals surface area contributed by atoms with Gasteiger partial charge in [-0.05, 0) is 54.6 Å². The molecule has 3 nitrogen and oxygen atoms in total. The lowest BCUT2D eigenvalue weighted by atomic mass is 10.4. The maximum absolute atomic E-state index is 5.98. The fraction of sp³-hybridized carbons (Fsp3) is 0.286. The van der Waals surface area contributed by atoms with E-state index in [0.29, 0.717) is 0 Å². The molecule has 0 saturated heterocycles. The van der Waals surface area contributed by atoms with Gasteiger partial charge in [-0.1, -0.05) is 17.7 Å². The number of rotatable bonds is 5. The molecule has 1 heterocycles. The smallest absolute Gasteiger partial charge is 0.143 e. The van der Waals surface area contributed by atoms with E-state index in [9.17, 15) is 0 Å². The normalized spacial score (nSPS) is 10.6. The van der Waals surface area contributed by atoms with Crippen LogP contribution in [0.5, 0.6) is 0 Å². The third-order valence-corrected chi connectivity index (χ3v) is 5.09. The van der Waals surface area contributed by atoms with Gasteiger partial charge in [0.1, 0.15) is 11.6 Å². The Morgan fingerprint density at radius 3 is 2.85 bits per heavy atom. The SMILES string of the molecule is CCNc1nc(CSc2cccc(Cl)c2)nc(C)c1I. The van der Waals surface area contributed by atoms with Gasteiger partial charge in [0.15, 0.2) is 0 Å². The fourth-order valence-corrected chi connectivity index (χ4v) is 3.17. The molecule has 0 unspecified atom stereocenters. The minimum absolute atomic E-state index is 0.733. The summed E-state index contributed by atoms with van der Waals surface area (Å²) in [5.74, 6) is 2.49. The van der Waals surface area contributed by atoms with Crippen molar-refractivity contribution in [3.05, 3.63) is 44.4 Å². The number of benzene rings is 1. The van der Waals surface area contributed by atoms with E-state index in [4.69, 9.17) is 11.6 Å². The van der Waals surface area contributed by atoms with Crippen LogP contribution in [0.15, 0.2) is 29.2 Å². The Labute approximate surface area is 142 Å². The van der Waals surface area contributed by atoms with Crippen LogP contribution in [-0.2, 0) is 5.75 Å². The molecule has 106 valence electrons. The summed E-state index contributed by atoms with van der Waals surface area (Å²) in [5.41, 5.74) is 1.01. The van der Waals surface area contributed by atoms with Gasteiger partial charge >= 0.3 is 0 Å². The van der Waals surface area contributed by atoms with Crippen LogP contribution in [0.4, 0.5) is 5.82 Å². The van der Waals surface area contributed by atoms with E-state index >= 15 is 0 Å². The van der Waals surface area contributed by atoms with Crippen LogP contribution >= 0.6 is 46.0 Å². The first-order valence-electron chi connectivity index (χ1n) is 6.25. The minimum Gasteiger partial charge on any atom is -0.369 e. The van der Waals surface area contributed by atoms with Crippen molar-refractivity contribution >= 4 is 51.8 Å². The summed E-state index contributed by atoms with van der Waals surface area (Å²) in [6, 6.07) is 7.83. The molecule has 0 aliphatic carbocycles. The maximum atomic E-state index is 5.98. The quantitative estimate of drug-likeness (QED) is 0.560. The maximum Gasteiger partial charge on any atom is 0.143 e. The molecule has 1 N–H and O–H groups in total. The minimum atomic E-state index is 0.733. The molecule has 6 heteroatoms. The summed E-state index contributed by atoms with van der Waals surface area (Å²) in [7, 11) is 0. The third-order valence-electron chi connectivity index (χ3n) is 2.57. The fourth-order valence-electron chi connectivity index (χ4n) is 1.67. The standard InChI is InChI=1S/C14H15ClIN3S/c1-3-17-14-13(16)9(2)18-12(19-14)8-20-11-6-4-5-10(15)7-11/h4-7H,3,8H2,1-2H3,(H,17,18,19). The van der Waals surface area contributed by atoms with Crippen molar-refractivity contribution in [2.45, 2.75) is 24.5 Å². The molecule has 1 aromatic carbocycles. The number of halogens is 2. The zero-order chi connectivity index (χ0) is 14.5. The van der Waals surface area contributed by atoms with E-state index in [1.807, 2.05) is 31.2 Å². The van der Waals surface area contributed by atoms with Crippen LogP contribution in [0.25, 0.3) is 0 Å². The zero-order valence-corrected chi connectivity index (χ0v) is 15.0. The molecule has 0 bridgehead atoms. The Balaban J connectivity index is 2.13. The molecule has 0 amide bonds. The molecule has 2 rings (SSSR count). The first-order chi connectivity index (χ1) is 9.60. The summed E-state index contributed by atoms with van der Waals surface area (Å²) >= 11 is 9.95. The molecule has 0 fully saturated rings. The topological polar surface area (TPSA) is 37.8 Å². The molecule has 0 atom stereocenters. The predicted molar refractivity (Wildman–Crippen MR) is 94.7 cm³/mol. The Hall–Kier alpha value is -0.530. The molecule has 0 spiro atoms. The van der Waals surface area contributed by atoms with Crippen LogP contribution in [-0.4, -0.2) is 16.5 Å². The highest BCUT2D eigenvalue weighted by Gasteiger charge is 2.09. The molecule has 0 saturated carbocycles. The van der Waals surface area contributed by atoms with Crippen LogP contribution in [0.2, 0.25) is 5.02 Å². The summed E-state index contributed by atoms with van der Waals surface area (Å²) in [4.78, 5) is 10.2. The Morgan fingerprint density at radius 1 is 1.35 bits per heavy atom. The number of aromatic nitrogens is 2. The lowest BCUT2D eigenvalue weighted by molar-refractivity contribution is 0.974. The highest BCUT2D eigenvalue weighted by Crippen LogP contribution is 2.26. The molecule has 2 aromatic rings. The lowest BCUT2D eigenvalue weighted by Crippen LogP contribution is -2.07. The second-order valence-electron chi connectivity index (χ2n) is 4.16. The second-order valence-corrected chi connectivity index (χ2v) is 6.73. The highest BCUT2D eigenvalue weighted by molar-refractivity contribution is 14.1. The van der Waals surface area contributed by atoms with Gasteiger partial charge in [0, 0.05) is 16.5 Å². The molecule has 20 heavy (non-hydrogen) atoms. The van der Waals surface area contributed by atoms with Crippen LogP contribution in [0.3, 0.4) is 0 Å². The molecule has 0 aliphatic rings. The van der Waals surface area contributed by atoms with Crippen LogP contribution < -0.4 is 5.32 Å². The predicted octanol–water partition coefficient (Wildman–Crippen LogP) is 4.77. The number of anilines is 1. The second kappa shape index (κ2) is 7.47. The third kappa shape index (κ3) is 4.23. The van der Waals surface area contributed by atoms with Gasteiger partial charge in [-0.25, -0.2) is 9.97 Å². The molecular formula is C14H15ClIN3S. The summed E-state index contributed by atoms with van der Waals surface area (Å²) in [5, 5.41) is 4.03. The highest BCUT2D eigenvalue weighted by atomic mass is 127. The van der Waals surface area contributed by atoms with E-state index in [2.05, 4.69) is 44.8 Å². The van der Waals surface area contributed by atoms with Crippen molar-refractivity contribution in [1.29, 1.82) is 0 Å². The number of thioether (sulfide) groups is 1. The van der Waals surface area contributed by atoms with E-state index in [-0.39, 0.29) is 0 Å². The molecule has 0 radical (unpaired) electrons. The van der Waals surface area contributed by atoms with E-state index < -0.39 is 0 Å². The van der Waals surface area contributed by atoms with Crippen LogP contribution in [0.1, 0.15) is 18.4 Å². The van der Waals surface area contributed by atoms with E-state index in [1.54, 1.807) is 11.8 Å². The molecule has 0 aliphatic heterocycles. The number of hydrogen-bond donors (Lipinski definition) is 1. The van der Waals surface area contributed by atoms with E-state index in [1.165, 1.54) is 0 Å². The van der Waals surface area contributed by atoms with Crippen molar-refractivity contribution in [2.24, 2.45) is 0 Å². The number of aryl methyl sites for hydroxylation is 1. The average Bonchev–Trinajstić information content (AvgIpc) is 2.42. The van der Waals surface area contributed by atoms with Gasteiger partial charge in [-0.15, -0.1) is 11.8 Å². The number of nitrogens with one attached hydrogen (secondary N) is 1. The Morgan fingerprint density at radius 2 is 2.15 bits per heavy atom. The van der Waals surface area contributed by atoms with Crippen molar-refractivity contribution in [1.82, 2.24) is 9.97 Å². The lowest BCUT2D eigenvalue weighted by Gasteiger charge is -2.10. The van der Waals surface area contributed by atoms with Gasteiger partial charge in [0.25, 0.3) is 0 Å². The van der Waals surface area contributed by atoms with Crippen molar-refractivity contribution in [2.75, 3.05) is 11.9 Å². The Bertz CT molecular complexity index is 607. The van der Waals surface area contributed by atoms with Crippen molar-refractivity contribution in [3.63, 3.8) is 0 Å². The van der Waals surface area contributed by atoms with Gasteiger partial charge in [0.2, 0.25) is 0 Å². The van der Waals surface area contributed by atoms with Crippen molar-refractivity contribution < 1.29 is 0 Å². The van der Waals surface area contributed by atoms with Crippen LogP contribution in [0, 0.1) is 10.5 Å². The summed E-state index contributed by atoms with van der Waals surface area (Å²) in [6.07, 6.45) is 0. The summed E-state index contributed by atoms with van der Waals surface area (Å²) in [6.45, 7) is 4.93. The first-order valence-corrected chi connectivity index (χ1v) is 8.69.